The van der Waals surface area contributed by atoms with Crippen molar-refractivity contribution >= 4 is 17.4 Å². The molecule has 0 N–H and O–H groups in total. The molecule has 122 valence electrons. The highest BCUT2D eigenvalue weighted by atomic mass is 35.5. The lowest BCUT2D eigenvalue weighted by atomic mass is 9.89. The molecule has 6 heteroatoms. The minimum Gasteiger partial charge on any atom is -0.496 e. The van der Waals surface area contributed by atoms with E-state index in [-0.39, 0.29) is 11.7 Å². The van der Waals surface area contributed by atoms with E-state index in [1.165, 1.54) is 0 Å². The number of methoxy groups -OCH3 is 1. The largest absolute Gasteiger partial charge is 0.496 e. The van der Waals surface area contributed by atoms with Crippen LogP contribution in [0.3, 0.4) is 0 Å². The fraction of sp³-hybridized carbons (Fsp3) is 0.412. The van der Waals surface area contributed by atoms with E-state index >= 15 is 0 Å². The molecule has 5 nitrogen and oxygen atoms in total. The Labute approximate surface area is 140 Å². The third kappa shape index (κ3) is 3.74. The van der Waals surface area contributed by atoms with Crippen molar-refractivity contribution in [3.8, 4) is 5.75 Å². The fourth-order valence-electron chi connectivity index (χ4n) is 3.05. The lowest BCUT2D eigenvalue weighted by Crippen LogP contribution is -2.38. The van der Waals surface area contributed by atoms with Crippen molar-refractivity contribution in [3.05, 3.63) is 46.8 Å². The summed E-state index contributed by atoms with van der Waals surface area (Å²) in [6, 6.07) is 7.02. The molecule has 0 aliphatic carbocycles. The van der Waals surface area contributed by atoms with E-state index < -0.39 is 0 Å². The van der Waals surface area contributed by atoms with Crippen LogP contribution in [0.25, 0.3) is 0 Å². The topological polar surface area (TPSA) is 55.6 Å². The van der Waals surface area contributed by atoms with E-state index in [0.29, 0.717) is 29.4 Å². The molecule has 0 saturated carbocycles. The molecule has 1 aliphatic rings. The van der Waals surface area contributed by atoms with Gasteiger partial charge in [0.25, 0.3) is 0 Å². The number of aromatic nitrogens is 1. The summed E-state index contributed by atoms with van der Waals surface area (Å²) in [5, 5.41) is 4.48. The van der Waals surface area contributed by atoms with Crippen LogP contribution < -0.4 is 4.74 Å². The summed E-state index contributed by atoms with van der Waals surface area (Å²) in [6.45, 7) is 2.37. The number of likely N-dealkylation sites (tertiary alicyclic amines) is 1. The Morgan fingerprint density at radius 1 is 1.48 bits per heavy atom. The van der Waals surface area contributed by atoms with Gasteiger partial charge in [-0.2, -0.15) is 0 Å². The lowest BCUT2D eigenvalue weighted by molar-refractivity contribution is 0.0806. The molecule has 1 aromatic heterocycles. The first-order valence-electron chi connectivity index (χ1n) is 7.66. The molecule has 23 heavy (non-hydrogen) atoms. The molecule has 1 fully saturated rings. The summed E-state index contributed by atoms with van der Waals surface area (Å²) < 4.78 is 10.2. The number of piperidine rings is 1. The first-order valence-corrected chi connectivity index (χ1v) is 8.04. The number of halogens is 1. The maximum absolute atomic E-state index is 12.9. The van der Waals surface area contributed by atoms with Crippen molar-refractivity contribution in [2.24, 2.45) is 5.92 Å². The molecular formula is C17H19ClN2O3. The molecule has 0 radical (unpaired) electrons. The van der Waals surface area contributed by atoms with Crippen LogP contribution in [-0.4, -0.2) is 36.0 Å². The number of rotatable bonds is 5. The smallest absolute Gasteiger partial charge is 0.170 e. The van der Waals surface area contributed by atoms with Crippen LogP contribution in [0.1, 0.15) is 28.9 Å². The molecule has 0 spiro atoms. The van der Waals surface area contributed by atoms with E-state index in [1.54, 1.807) is 31.6 Å². The molecule has 2 aromatic rings. The van der Waals surface area contributed by atoms with Crippen LogP contribution in [0, 0.1) is 5.92 Å². The highest BCUT2D eigenvalue weighted by Crippen LogP contribution is 2.29. The Morgan fingerprint density at radius 2 is 2.35 bits per heavy atom. The van der Waals surface area contributed by atoms with Gasteiger partial charge in [-0.15, -0.1) is 0 Å². The summed E-state index contributed by atoms with van der Waals surface area (Å²) in [7, 11) is 1.57. The lowest BCUT2D eigenvalue weighted by Gasteiger charge is -2.31. The number of hydrogen-bond acceptors (Lipinski definition) is 5. The van der Waals surface area contributed by atoms with Crippen LogP contribution in [0.5, 0.6) is 5.75 Å². The van der Waals surface area contributed by atoms with Crippen molar-refractivity contribution in [3.63, 3.8) is 0 Å². The van der Waals surface area contributed by atoms with E-state index in [0.717, 1.165) is 25.1 Å². The normalized spacial score (nSPS) is 18.8. The molecule has 0 bridgehead atoms. The van der Waals surface area contributed by atoms with Gasteiger partial charge in [-0.25, -0.2) is 0 Å². The van der Waals surface area contributed by atoms with Crippen molar-refractivity contribution in [1.29, 1.82) is 0 Å². The summed E-state index contributed by atoms with van der Waals surface area (Å²) in [6.07, 6.45) is 3.43. The average molecular weight is 335 g/mol. The number of Topliss-reactive ketones (excluding diaryl/α,β-unsaturated/α-hetero) is 1. The maximum atomic E-state index is 12.9. The van der Waals surface area contributed by atoms with Gasteiger partial charge < -0.3 is 9.26 Å². The quantitative estimate of drug-likeness (QED) is 0.784. The minimum absolute atomic E-state index is 0.0528. The number of ether oxygens (including phenoxy) is 1. The molecule has 1 aliphatic heterocycles. The van der Waals surface area contributed by atoms with Crippen molar-refractivity contribution in [2.75, 3.05) is 20.2 Å². The van der Waals surface area contributed by atoms with Crippen LogP contribution in [-0.2, 0) is 6.54 Å². The fourth-order valence-corrected chi connectivity index (χ4v) is 3.23. The van der Waals surface area contributed by atoms with Gasteiger partial charge in [0.2, 0.25) is 0 Å². The van der Waals surface area contributed by atoms with Crippen LogP contribution in [0.4, 0.5) is 0 Å². The molecule has 3 rings (SSSR count). The second-order valence-corrected chi connectivity index (χ2v) is 6.21. The maximum Gasteiger partial charge on any atom is 0.170 e. The Bertz CT molecular complexity index is 672. The molecule has 1 aromatic carbocycles. The molecule has 0 amide bonds. The predicted molar refractivity (Wildman–Crippen MR) is 86.8 cm³/mol. The zero-order valence-corrected chi connectivity index (χ0v) is 13.8. The van der Waals surface area contributed by atoms with E-state index in [1.807, 2.05) is 6.07 Å². The summed E-state index contributed by atoms with van der Waals surface area (Å²) in [5.41, 5.74) is 1.45. The summed E-state index contributed by atoms with van der Waals surface area (Å²) >= 11 is 6.04. The summed E-state index contributed by atoms with van der Waals surface area (Å²) in [5.74, 6) is 0.616. The van der Waals surface area contributed by atoms with Gasteiger partial charge in [0.1, 0.15) is 12.0 Å². The number of benzene rings is 1. The first-order chi connectivity index (χ1) is 11.2. The second-order valence-electron chi connectivity index (χ2n) is 5.77. The van der Waals surface area contributed by atoms with Gasteiger partial charge >= 0.3 is 0 Å². The van der Waals surface area contributed by atoms with Crippen molar-refractivity contribution in [2.45, 2.75) is 19.4 Å². The minimum atomic E-state index is -0.0528. The summed E-state index contributed by atoms with van der Waals surface area (Å²) in [4.78, 5) is 15.1. The zero-order chi connectivity index (χ0) is 16.2. The number of ketones is 1. The van der Waals surface area contributed by atoms with E-state index in [4.69, 9.17) is 20.9 Å². The van der Waals surface area contributed by atoms with Gasteiger partial charge in [-0.05, 0) is 37.6 Å². The Morgan fingerprint density at radius 3 is 3.09 bits per heavy atom. The number of nitrogens with zero attached hydrogens (tertiary/aromatic N) is 2. The van der Waals surface area contributed by atoms with Gasteiger partial charge in [-0.1, -0.05) is 16.8 Å². The molecule has 2 heterocycles. The van der Waals surface area contributed by atoms with Crippen LogP contribution in [0.15, 0.2) is 35.1 Å². The van der Waals surface area contributed by atoms with E-state index in [2.05, 4.69) is 10.1 Å². The highest BCUT2D eigenvalue weighted by Gasteiger charge is 2.28. The van der Waals surface area contributed by atoms with E-state index in [9.17, 15) is 4.79 Å². The monoisotopic (exact) mass is 334 g/mol. The standard InChI is InChI=1S/C17H19ClN2O3/c1-22-16-5-4-13(18)9-15(16)17(21)12-3-2-7-20(10-12)11-14-6-8-23-19-14/h4-6,8-9,12H,2-3,7,10-11H2,1H3. The molecule has 1 atom stereocenters. The third-order valence-electron chi connectivity index (χ3n) is 4.18. The SMILES string of the molecule is COc1ccc(Cl)cc1C(=O)C1CCCN(Cc2ccon2)C1. The molecular weight excluding hydrogens is 316 g/mol. The zero-order valence-electron chi connectivity index (χ0n) is 13.0. The number of carbonyl (C=O) groups is 1. The van der Waals surface area contributed by atoms with Crippen LogP contribution in [0.2, 0.25) is 5.02 Å². The number of hydrogen-bond donors (Lipinski definition) is 0. The Balaban J connectivity index is 1.73. The second kappa shape index (κ2) is 7.15. The average Bonchev–Trinajstić information content (AvgIpc) is 3.07. The molecule has 1 unspecified atom stereocenters. The third-order valence-corrected chi connectivity index (χ3v) is 4.42. The first kappa shape index (κ1) is 16.0. The van der Waals surface area contributed by atoms with Crippen molar-refractivity contribution < 1.29 is 14.1 Å². The van der Waals surface area contributed by atoms with Gasteiger partial charge in [-0.3, -0.25) is 9.69 Å². The van der Waals surface area contributed by atoms with Gasteiger partial charge in [0.15, 0.2) is 5.78 Å². The highest BCUT2D eigenvalue weighted by molar-refractivity contribution is 6.31. The van der Waals surface area contributed by atoms with Gasteiger partial charge in [0, 0.05) is 30.1 Å². The predicted octanol–water partition coefficient (Wildman–Crippen LogP) is 3.43. The Hall–Kier alpha value is -1.85. The van der Waals surface area contributed by atoms with Crippen LogP contribution >= 0.6 is 11.6 Å². The Kier molecular flexibility index (Phi) is 4.98. The molecule has 1 saturated heterocycles. The van der Waals surface area contributed by atoms with Crippen molar-refractivity contribution in [1.82, 2.24) is 10.1 Å². The number of carbonyl (C=O) groups excluding carboxylic acids is 1. The van der Waals surface area contributed by atoms with Gasteiger partial charge in [0.05, 0.1) is 18.4 Å².